The van der Waals surface area contributed by atoms with Crippen LogP contribution in [-0.2, 0) is 41.9 Å². The van der Waals surface area contributed by atoms with Gasteiger partial charge in [0.1, 0.15) is 17.6 Å². The maximum atomic E-state index is 13.3. The minimum atomic E-state index is -1.19. The first-order valence-electron chi connectivity index (χ1n) is 13.4. The Morgan fingerprint density at radius 1 is 1.20 bits per heavy atom. The molecule has 1 atom stereocenters. The molecule has 4 rings (SSSR count). The third kappa shape index (κ3) is 8.43. The summed E-state index contributed by atoms with van der Waals surface area (Å²) in [4.78, 5) is 30.1. The van der Waals surface area contributed by atoms with E-state index in [1.807, 2.05) is 20.8 Å². The third-order valence-corrected chi connectivity index (χ3v) is 6.90. The Morgan fingerprint density at radius 2 is 1.95 bits per heavy atom. The number of pyridine rings is 1. The lowest BCUT2D eigenvalue weighted by Crippen LogP contribution is -2.42. The minimum absolute atomic E-state index is 0.0198. The molecule has 11 heteroatoms. The minimum Gasteiger partial charge on any atom is -0.480 e. The first kappa shape index (κ1) is 29.8. The van der Waals surface area contributed by atoms with Crippen molar-refractivity contribution in [2.24, 2.45) is 0 Å². The predicted octanol–water partition coefficient (Wildman–Crippen LogP) is 5.32. The first-order valence-corrected chi connectivity index (χ1v) is 14.1. The molecule has 0 saturated carbocycles. The largest absolute Gasteiger partial charge is 0.480 e. The van der Waals surface area contributed by atoms with Gasteiger partial charge in [-0.15, -0.1) is 0 Å². The molecule has 214 valence electrons. The number of hydrogen-bond acceptors (Lipinski definition) is 6. The molecule has 1 aliphatic rings. The molecule has 3 aromatic rings. The molecule has 1 amide bonds. The average Bonchev–Trinajstić information content (AvgIpc) is 3.29. The van der Waals surface area contributed by atoms with Crippen molar-refractivity contribution in [1.82, 2.24) is 20.1 Å². The molecule has 0 radical (unpaired) electrons. The molecule has 0 spiro atoms. The number of carbonyl (C=O) groups is 2. The summed E-state index contributed by atoms with van der Waals surface area (Å²) in [6, 6.07) is 7.83. The molecule has 1 aliphatic heterocycles. The Bertz CT molecular complexity index is 1350. The van der Waals surface area contributed by atoms with E-state index in [-0.39, 0.29) is 18.6 Å². The molecule has 9 nitrogen and oxygen atoms in total. The van der Waals surface area contributed by atoms with Crippen molar-refractivity contribution in [2.75, 3.05) is 11.9 Å². The average molecular weight is 589 g/mol. The number of carboxylic acids is 1. The molecule has 40 heavy (non-hydrogen) atoms. The van der Waals surface area contributed by atoms with Crippen LogP contribution in [0.2, 0.25) is 10.0 Å². The van der Waals surface area contributed by atoms with Gasteiger partial charge in [0.25, 0.3) is 5.91 Å². The van der Waals surface area contributed by atoms with E-state index in [2.05, 4.69) is 27.9 Å². The summed E-state index contributed by atoms with van der Waals surface area (Å²) in [7, 11) is 0. The van der Waals surface area contributed by atoms with Crippen molar-refractivity contribution >= 4 is 40.9 Å². The summed E-state index contributed by atoms with van der Waals surface area (Å²) >= 11 is 12.1. The number of aliphatic carboxylic acids is 1. The van der Waals surface area contributed by atoms with Crippen LogP contribution in [0.25, 0.3) is 0 Å². The van der Waals surface area contributed by atoms with Gasteiger partial charge in [-0.1, -0.05) is 29.3 Å². The molecule has 0 bridgehead atoms. The van der Waals surface area contributed by atoms with Gasteiger partial charge in [-0.2, -0.15) is 5.10 Å². The number of amides is 1. The van der Waals surface area contributed by atoms with E-state index in [9.17, 15) is 14.7 Å². The summed E-state index contributed by atoms with van der Waals surface area (Å²) < 4.78 is 7.61. The molecule has 2 aromatic heterocycles. The second-order valence-electron chi connectivity index (χ2n) is 10.9. The van der Waals surface area contributed by atoms with E-state index in [0.717, 1.165) is 43.7 Å². The Hall–Kier alpha value is -3.14. The Morgan fingerprint density at radius 3 is 2.65 bits per heavy atom. The number of aryl methyl sites for hydroxylation is 3. The zero-order chi connectivity index (χ0) is 28.9. The van der Waals surface area contributed by atoms with Gasteiger partial charge in [-0.05, 0) is 81.8 Å². The molecule has 1 aromatic carbocycles. The van der Waals surface area contributed by atoms with Crippen LogP contribution in [0.15, 0.2) is 36.5 Å². The number of rotatable bonds is 11. The fraction of sp³-hybridized carbons (Fsp3) is 0.448. The van der Waals surface area contributed by atoms with Crippen LogP contribution in [0.4, 0.5) is 5.82 Å². The summed E-state index contributed by atoms with van der Waals surface area (Å²) in [5.41, 5.74) is 3.12. The molecular weight excluding hydrogens is 553 g/mol. The lowest BCUT2D eigenvalue weighted by molar-refractivity contribution is -0.139. The number of aromatic nitrogens is 3. The number of carbonyl (C=O) groups excluding carboxylic acids is 1. The highest BCUT2D eigenvalue weighted by molar-refractivity contribution is 6.34. The zero-order valence-corrected chi connectivity index (χ0v) is 24.5. The second kappa shape index (κ2) is 13.0. The van der Waals surface area contributed by atoms with Crippen LogP contribution in [0.5, 0.6) is 0 Å². The molecule has 3 N–H and O–H groups in total. The van der Waals surface area contributed by atoms with E-state index >= 15 is 0 Å². The van der Waals surface area contributed by atoms with E-state index in [0.29, 0.717) is 27.8 Å². The number of benzene rings is 1. The fourth-order valence-corrected chi connectivity index (χ4v) is 5.06. The molecule has 1 unspecified atom stereocenters. The molecule has 0 fully saturated rings. The lowest BCUT2D eigenvalue weighted by Gasteiger charge is -2.19. The first-order chi connectivity index (χ1) is 19.0. The number of halogens is 2. The Kier molecular flexibility index (Phi) is 9.71. The number of anilines is 1. The van der Waals surface area contributed by atoms with Gasteiger partial charge in [-0.3, -0.25) is 9.48 Å². The van der Waals surface area contributed by atoms with E-state index < -0.39 is 23.5 Å². The van der Waals surface area contributed by atoms with Crippen LogP contribution in [0.3, 0.4) is 0 Å². The Labute approximate surface area is 244 Å². The van der Waals surface area contributed by atoms with Gasteiger partial charge >= 0.3 is 5.97 Å². The monoisotopic (exact) mass is 587 g/mol. The number of fused-ring (bicyclic) bond motifs is 1. The summed E-state index contributed by atoms with van der Waals surface area (Å²) in [5.74, 6) is -0.741. The number of nitrogens with one attached hydrogen (secondary N) is 2. The smallest absolute Gasteiger partial charge is 0.326 e. The molecule has 0 saturated heterocycles. The van der Waals surface area contributed by atoms with Gasteiger partial charge in [0.05, 0.1) is 17.8 Å². The fourth-order valence-electron chi connectivity index (χ4n) is 4.49. The normalized spacial score (nSPS) is 13.8. The van der Waals surface area contributed by atoms with Crippen molar-refractivity contribution < 1.29 is 19.4 Å². The zero-order valence-electron chi connectivity index (χ0n) is 23.0. The summed E-state index contributed by atoms with van der Waals surface area (Å²) in [6.45, 7) is 7.36. The van der Waals surface area contributed by atoms with Crippen LogP contribution in [0, 0.1) is 0 Å². The lowest BCUT2D eigenvalue weighted by atomic mass is 10.1. The maximum absolute atomic E-state index is 13.3. The van der Waals surface area contributed by atoms with Crippen LogP contribution in [0.1, 0.15) is 66.5 Å². The van der Waals surface area contributed by atoms with E-state index in [1.165, 1.54) is 5.56 Å². The van der Waals surface area contributed by atoms with E-state index in [4.69, 9.17) is 32.9 Å². The van der Waals surface area contributed by atoms with Crippen molar-refractivity contribution in [3.8, 4) is 0 Å². The number of ether oxygens (including phenoxy) is 1. The summed E-state index contributed by atoms with van der Waals surface area (Å²) in [6.07, 6.45) is 5.35. The topological polar surface area (TPSA) is 118 Å². The van der Waals surface area contributed by atoms with Gasteiger partial charge in [-0.25, -0.2) is 9.78 Å². The van der Waals surface area contributed by atoms with Crippen LogP contribution in [-0.4, -0.2) is 49.9 Å². The second-order valence-corrected chi connectivity index (χ2v) is 11.8. The number of nitrogens with zero attached hydrogens (tertiary/aromatic N) is 3. The van der Waals surface area contributed by atoms with Crippen molar-refractivity contribution in [2.45, 2.75) is 77.7 Å². The predicted molar refractivity (Wildman–Crippen MR) is 155 cm³/mol. The molecule has 3 heterocycles. The van der Waals surface area contributed by atoms with Crippen LogP contribution >= 0.6 is 23.2 Å². The summed E-state index contributed by atoms with van der Waals surface area (Å²) in [5, 5.41) is 21.2. The van der Waals surface area contributed by atoms with Crippen LogP contribution < -0.4 is 10.6 Å². The highest BCUT2D eigenvalue weighted by atomic mass is 35.5. The highest BCUT2D eigenvalue weighted by Gasteiger charge is 2.25. The van der Waals surface area contributed by atoms with Gasteiger partial charge in [0.2, 0.25) is 0 Å². The van der Waals surface area contributed by atoms with Crippen molar-refractivity contribution in [3.05, 3.63) is 74.7 Å². The van der Waals surface area contributed by atoms with Crippen molar-refractivity contribution in [3.63, 3.8) is 0 Å². The maximum Gasteiger partial charge on any atom is 0.326 e. The molecular formula is C29H35Cl2N5O4. The standard InChI is InChI=1S/C29H35Cl2N5O4/c1-29(2,3)40-17-25-23(27(37)34-24(28(38)39)14-18-12-20(30)15-21(31)13-18)16-36(35-25)11-5-7-22-9-8-19-6-4-10-32-26(19)33-22/h8-9,12-13,15-16,24H,4-7,10-11,14,17H2,1-3H3,(H,32,33)(H,34,37)(H,38,39). The van der Waals surface area contributed by atoms with Gasteiger partial charge in [0, 0.05) is 41.4 Å². The molecule has 0 aliphatic carbocycles. The number of carboxylic acid groups (broad SMARTS) is 1. The third-order valence-electron chi connectivity index (χ3n) is 6.46. The SMILES string of the molecule is CC(C)(C)OCc1nn(CCCc2ccc3c(n2)NCCC3)cc1C(=O)NC(Cc1cc(Cl)cc(Cl)c1)C(=O)O. The highest BCUT2D eigenvalue weighted by Crippen LogP contribution is 2.22. The quantitative estimate of drug-likeness (QED) is 0.278. The van der Waals surface area contributed by atoms with Gasteiger partial charge in [0.15, 0.2) is 0 Å². The van der Waals surface area contributed by atoms with Crippen molar-refractivity contribution in [1.29, 1.82) is 0 Å². The van der Waals surface area contributed by atoms with Gasteiger partial charge < -0.3 is 20.5 Å². The number of hydrogen-bond donors (Lipinski definition) is 3. The van der Waals surface area contributed by atoms with E-state index in [1.54, 1.807) is 29.1 Å². The Balaban J connectivity index is 1.46.